The maximum absolute atomic E-state index is 11.7. The average Bonchev–Trinajstić information content (AvgIpc) is 3.01. The molecule has 0 aliphatic rings. The van der Waals surface area contributed by atoms with Gasteiger partial charge in [0.2, 0.25) is 0 Å². The van der Waals surface area contributed by atoms with Crippen LogP contribution in [0, 0.1) is 0 Å². The van der Waals surface area contributed by atoms with E-state index in [4.69, 9.17) is 0 Å². The molecule has 39 heavy (non-hydrogen) atoms. The van der Waals surface area contributed by atoms with E-state index in [2.05, 4.69) is 24.3 Å². The fraction of sp³-hybridized carbons (Fsp3) is 0.0270. The van der Waals surface area contributed by atoms with E-state index in [0.29, 0.717) is 11.1 Å². The Labute approximate surface area is 229 Å². The van der Waals surface area contributed by atoms with Crippen molar-refractivity contribution < 1.29 is 10.2 Å². The zero-order chi connectivity index (χ0) is 26.7. The van der Waals surface area contributed by atoms with E-state index < -0.39 is 5.41 Å². The monoisotopic (exact) mass is 504 g/mol. The zero-order valence-corrected chi connectivity index (χ0v) is 21.4. The smallest absolute Gasteiger partial charge is 0.120 e. The number of phenolic OH excluding ortho intramolecular Hbond substituents is 2. The molecule has 188 valence electrons. The summed E-state index contributed by atoms with van der Waals surface area (Å²) in [5, 5.41) is 23.4. The quantitative estimate of drug-likeness (QED) is 0.223. The highest BCUT2D eigenvalue weighted by molar-refractivity contribution is 5.73. The molecule has 0 radical (unpaired) electrons. The fourth-order valence-electron chi connectivity index (χ4n) is 5.63. The van der Waals surface area contributed by atoms with Gasteiger partial charge in [-0.05, 0) is 45.5 Å². The van der Waals surface area contributed by atoms with Crippen LogP contribution in [0.5, 0.6) is 11.5 Å². The lowest BCUT2D eigenvalue weighted by atomic mass is 9.64. The van der Waals surface area contributed by atoms with Gasteiger partial charge in [0.05, 0.1) is 5.41 Å². The van der Waals surface area contributed by atoms with Crippen LogP contribution in [-0.4, -0.2) is 10.2 Å². The molecular formula is C37H28O2. The molecule has 0 amide bonds. The first-order valence-corrected chi connectivity index (χ1v) is 13.1. The van der Waals surface area contributed by atoms with Crippen LogP contribution < -0.4 is 0 Å². The Balaban J connectivity index is 1.65. The molecule has 0 saturated heterocycles. The molecule has 6 rings (SSSR count). The van der Waals surface area contributed by atoms with Gasteiger partial charge >= 0.3 is 0 Å². The molecule has 6 aromatic rings. The molecule has 0 atom stereocenters. The van der Waals surface area contributed by atoms with Crippen LogP contribution >= 0.6 is 0 Å². The van der Waals surface area contributed by atoms with Gasteiger partial charge in [-0.3, -0.25) is 0 Å². The van der Waals surface area contributed by atoms with Crippen LogP contribution in [0.3, 0.4) is 0 Å². The van der Waals surface area contributed by atoms with Gasteiger partial charge in [-0.2, -0.15) is 0 Å². The fourth-order valence-corrected chi connectivity index (χ4v) is 5.63. The maximum Gasteiger partial charge on any atom is 0.120 e. The second kappa shape index (κ2) is 10.4. The minimum atomic E-state index is -0.971. The highest BCUT2D eigenvalue weighted by atomic mass is 16.3. The van der Waals surface area contributed by atoms with Gasteiger partial charge in [-0.25, -0.2) is 0 Å². The van der Waals surface area contributed by atoms with E-state index in [1.807, 2.05) is 133 Å². The number of hydrogen-bond acceptors (Lipinski definition) is 2. The van der Waals surface area contributed by atoms with Gasteiger partial charge in [0, 0.05) is 11.1 Å². The van der Waals surface area contributed by atoms with Crippen LogP contribution in [-0.2, 0) is 5.41 Å². The van der Waals surface area contributed by atoms with Crippen molar-refractivity contribution in [2.24, 2.45) is 0 Å². The summed E-state index contributed by atoms with van der Waals surface area (Å²) in [7, 11) is 0. The Bertz CT molecular complexity index is 1560. The SMILES string of the molecule is Oc1cc(-c2ccccc2)ccc1C(c1ccccc1)(c1ccccc1)c1ccc(-c2ccccc2)cc1O. The van der Waals surface area contributed by atoms with Crippen molar-refractivity contribution in [2.75, 3.05) is 0 Å². The summed E-state index contributed by atoms with van der Waals surface area (Å²) in [5.41, 5.74) is 6.22. The predicted octanol–water partition coefficient (Wildman–Crippen LogP) is 8.81. The van der Waals surface area contributed by atoms with Crippen molar-refractivity contribution in [1.82, 2.24) is 0 Å². The molecule has 0 aliphatic carbocycles. The van der Waals surface area contributed by atoms with Crippen LogP contribution in [0.4, 0.5) is 0 Å². The first-order valence-electron chi connectivity index (χ1n) is 13.1. The highest BCUT2D eigenvalue weighted by Crippen LogP contribution is 2.51. The number of rotatable bonds is 6. The van der Waals surface area contributed by atoms with Gasteiger partial charge in [-0.15, -0.1) is 0 Å². The summed E-state index contributed by atoms with van der Waals surface area (Å²) >= 11 is 0. The molecule has 0 spiro atoms. The minimum Gasteiger partial charge on any atom is -0.508 e. The molecule has 0 heterocycles. The lowest BCUT2D eigenvalue weighted by molar-refractivity contribution is 0.447. The van der Waals surface area contributed by atoms with E-state index in [9.17, 15) is 10.2 Å². The third-order valence-electron chi connectivity index (χ3n) is 7.43. The summed E-state index contributed by atoms with van der Waals surface area (Å²) in [5.74, 6) is 0.325. The average molecular weight is 505 g/mol. The summed E-state index contributed by atoms with van der Waals surface area (Å²) in [4.78, 5) is 0. The molecule has 0 fully saturated rings. The largest absolute Gasteiger partial charge is 0.508 e. The number of phenols is 2. The topological polar surface area (TPSA) is 40.5 Å². The Morgan fingerprint density at radius 1 is 0.333 bits per heavy atom. The summed E-state index contributed by atoms with van der Waals surface area (Å²) < 4.78 is 0. The zero-order valence-electron chi connectivity index (χ0n) is 21.4. The summed E-state index contributed by atoms with van der Waals surface area (Å²) in [6.45, 7) is 0. The number of hydrogen-bond donors (Lipinski definition) is 2. The van der Waals surface area contributed by atoms with Gasteiger partial charge < -0.3 is 10.2 Å². The molecule has 2 nitrogen and oxygen atoms in total. The maximum atomic E-state index is 11.7. The summed E-state index contributed by atoms with van der Waals surface area (Å²) in [6.07, 6.45) is 0. The second-order valence-corrected chi connectivity index (χ2v) is 9.68. The first-order chi connectivity index (χ1) is 19.2. The van der Waals surface area contributed by atoms with Crippen molar-refractivity contribution in [2.45, 2.75) is 5.41 Å². The normalized spacial score (nSPS) is 11.3. The molecule has 0 saturated carbocycles. The van der Waals surface area contributed by atoms with Crippen LogP contribution in [0.2, 0.25) is 0 Å². The van der Waals surface area contributed by atoms with Gasteiger partial charge in [0.1, 0.15) is 11.5 Å². The molecule has 2 heteroatoms. The van der Waals surface area contributed by atoms with Crippen LogP contribution in [0.25, 0.3) is 22.3 Å². The van der Waals surface area contributed by atoms with Crippen molar-refractivity contribution in [1.29, 1.82) is 0 Å². The lowest BCUT2D eigenvalue weighted by Gasteiger charge is -2.37. The van der Waals surface area contributed by atoms with Crippen molar-refractivity contribution in [3.8, 4) is 33.8 Å². The predicted molar refractivity (Wildman–Crippen MR) is 159 cm³/mol. The summed E-state index contributed by atoms with van der Waals surface area (Å²) in [6, 6.07) is 51.9. The molecule has 2 N–H and O–H groups in total. The van der Waals surface area contributed by atoms with E-state index in [1.165, 1.54) is 0 Å². The number of aromatic hydroxyl groups is 2. The first kappa shape index (κ1) is 24.3. The van der Waals surface area contributed by atoms with Crippen LogP contribution in [0.1, 0.15) is 22.3 Å². The van der Waals surface area contributed by atoms with Crippen molar-refractivity contribution in [3.05, 3.63) is 180 Å². The highest BCUT2D eigenvalue weighted by Gasteiger charge is 2.42. The number of benzene rings is 6. The molecule has 0 aromatic heterocycles. The van der Waals surface area contributed by atoms with Gasteiger partial charge in [-0.1, -0.05) is 146 Å². The standard InChI is InChI=1S/C37H28O2/c38-35-25-29(27-13-5-1-6-14-27)21-23-33(35)37(31-17-9-3-10-18-31,32-19-11-4-12-20-32)34-24-22-30(26-36(34)39)28-15-7-2-8-16-28/h1-26,38-39H. The van der Waals surface area contributed by atoms with Crippen molar-refractivity contribution in [3.63, 3.8) is 0 Å². The molecule has 6 aromatic carbocycles. The molecular weight excluding hydrogens is 476 g/mol. The Morgan fingerprint density at radius 2 is 0.667 bits per heavy atom. The molecule has 0 aliphatic heterocycles. The Hall–Kier alpha value is -5.08. The lowest BCUT2D eigenvalue weighted by Crippen LogP contribution is -2.31. The van der Waals surface area contributed by atoms with E-state index in [0.717, 1.165) is 33.4 Å². The third kappa shape index (κ3) is 4.36. The Kier molecular flexibility index (Phi) is 6.44. The van der Waals surface area contributed by atoms with Crippen molar-refractivity contribution >= 4 is 0 Å². The van der Waals surface area contributed by atoms with E-state index in [-0.39, 0.29) is 11.5 Å². The molecule has 0 bridgehead atoms. The Morgan fingerprint density at radius 3 is 1.00 bits per heavy atom. The minimum absolute atomic E-state index is 0.163. The molecule has 0 unspecified atom stereocenters. The van der Waals surface area contributed by atoms with E-state index >= 15 is 0 Å². The van der Waals surface area contributed by atoms with Gasteiger partial charge in [0.15, 0.2) is 0 Å². The van der Waals surface area contributed by atoms with Gasteiger partial charge in [0.25, 0.3) is 0 Å². The second-order valence-electron chi connectivity index (χ2n) is 9.68. The third-order valence-corrected chi connectivity index (χ3v) is 7.43. The van der Waals surface area contributed by atoms with E-state index in [1.54, 1.807) is 0 Å². The van der Waals surface area contributed by atoms with Crippen LogP contribution in [0.15, 0.2) is 158 Å².